The van der Waals surface area contributed by atoms with Gasteiger partial charge in [0.2, 0.25) is 11.8 Å². The van der Waals surface area contributed by atoms with Crippen LogP contribution in [0.25, 0.3) is 0 Å². The molecule has 0 heterocycles. The highest BCUT2D eigenvalue weighted by atomic mass is 19.1. The average Bonchev–Trinajstić information content (AvgIpc) is 2.49. The number of amides is 2. The van der Waals surface area contributed by atoms with Crippen LogP contribution in [0.2, 0.25) is 0 Å². The number of rotatable bonds is 8. The molecule has 0 saturated carbocycles. The van der Waals surface area contributed by atoms with E-state index in [1.54, 1.807) is 0 Å². The fourth-order valence-electron chi connectivity index (χ4n) is 1.69. The van der Waals surface area contributed by atoms with E-state index in [1.165, 1.54) is 0 Å². The molecule has 2 amide bonds. The van der Waals surface area contributed by atoms with Gasteiger partial charge in [0.15, 0.2) is 6.04 Å². The zero-order valence-electron chi connectivity index (χ0n) is 12.3. The number of aryl methyl sites for hydroxylation is 2. The Bertz CT molecular complexity index is 531. The number of benzene rings is 1. The first-order valence-electron chi connectivity index (χ1n) is 6.82. The lowest BCUT2D eigenvalue weighted by Gasteiger charge is -2.11. The van der Waals surface area contributed by atoms with E-state index >= 15 is 0 Å². The van der Waals surface area contributed by atoms with Crippen LogP contribution in [-0.2, 0) is 20.8 Å². The van der Waals surface area contributed by atoms with Gasteiger partial charge in [-0.15, -0.1) is 0 Å². The summed E-state index contributed by atoms with van der Waals surface area (Å²) in [7, 11) is 0. The maximum absolute atomic E-state index is 12.3. The molecule has 6 nitrogen and oxygen atoms in total. The summed E-state index contributed by atoms with van der Waals surface area (Å²) in [5, 5.41) is 12.9. The van der Waals surface area contributed by atoms with E-state index in [4.69, 9.17) is 5.11 Å². The molecule has 120 valence electrons. The molecule has 0 radical (unpaired) electrons. The summed E-state index contributed by atoms with van der Waals surface area (Å²) in [4.78, 5) is 33.5. The number of carboxylic acids is 1. The molecule has 1 aromatic carbocycles. The number of carboxylic acid groups (broad SMARTS) is 1. The molecule has 0 aliphatic rings. The maximum atomic E-state index is 12.3. The van der Waals surface area contributed by atoms with Crippen molar-refractivity contribution >= 4 is 17.8 Å². The van der Waals surface area contributed by atoms with Crippen molar-refractivity contribution in [2.45, 2.75) is 25.8 Å². The molecule has 1 rings (SSSR count). The molecule has 3 N–H and O–H groups in total. The molecule has 0 aliphatic heterocycles. The third-order valence-electron chi connectivity index (χ3n) is 3.00. The van der Waals surface area contributed by atoms with Crippen LogP contribution < -0.4 is 10.6 Å². The molecule has 0 fully saturated rings. The molecule has 7 heteroatoms. The highest BCUT2D eigenvalue weighted by Crippen LogP contribution is 2.05. The predicted molar refractivity (Wildman–Crippen MR) is 78.1 cm³/mol. The third-order valence-corrected chi connectivity index (χ3v) is 3.00. The van der Waals surface area contributed by atoms with Crippen molar-refractivity contribution in [3.8, 4) is 0 Å². The van der Waals surface area contributed by atoms with E-state index in [-0.39, 0.29) is 18.9 Å². The first-order valence-corrected chi connectivity index (χ1v) is 6.82. The van der Waals surface area contributed by atoms with Crippen LogP contribution in [0, 0.1) is 6.92 Å². The van der Waals surface area contributed by atoms with Gasteiger partial charge in [0.25, 0.3) is 0 Å². The van der Waals surface area contributed by atoms with Crippen LogP contribution >= 0.6 is 0 Å². The first kappa shape index (κ1) is 17.6. The Kier molecular flexibility index (Phi) is 7.01. The number of hydrogen-bond acceptors (Lipinski definition) is 3. The van der Waals surface area contributed by atoms with Crippen molar-refractivity contribution in [2.75, 3.05) is 13.2 Å². The summed E-state index contributed by atoms with van der Waals surface area (Å²) in [6, 6.07) is 6.16. The number of carbonyl (C=O) groups is 3. The van der Waals surface area contributed by atoms with Gasteiger partial charge in [0.1, 0.15) is 6.67 Å². The van der Waals surface area contributed by atoms with Crippen LogP contribution in [0.5, 0.6) is 0 Å². The smallest absolute Gasteiger partial charge is 0.328 e. The summed E-state index contributed by atoms with van der Waals surface area (Å²) < 4.78 is 12.3. The number of carbonyl (C=O) groups excluding carboxylic acids is 2. The van der Waals surface area contributed by atoms with Gasteiger partial charge in [-0.1, -0.05) is 29.8 Å². The Morgan fingerprint density at radius 2 is 1.82 bits per heavy atom. The van der Waals surface area contributed by atoms with E-state index in [2.05, 4.69) is 5.32 Å². The summed E-state index contributed by atoms with van der Waals surface area (Å²) in [6.07, 6.45) is 0.748. The molecule has 1 atom stereocenters. The zero-order chi connectivity index (χ0) is 16.5. The predicted octanol–water partition coefficient (Wildman–Crippen LogP) is 0.583. The Morgan fingerprint density at radius 3 is 2.36 bits per heavy atom. The van der Waals surface area contributed by atoms with Gasteiger partial charge in [0.05, 0.1) is 6.54 Å². The summed E-state index contributed by atoms with van der Waals surface area (Å²) in [5.41, 5.74) is 2.14. The largest absolute Gasteiger partial charge is 0.480 e. The minimum Gasteiger partial charge on any atom is -0.480 e. The Labute approximate surface area is 127 Å². The van der Waals surface area contributed by atoms with Crippen molar-refractivity contribution in [3.05, 3.63) is 35.4 Å². The van der Waals surface area contributed by atoms with E-state index in [0.717, 1.165) is 11.1 Å². The van der Waals surface area contributed by atoms with E-state index < -0.39 is 24.6 Å². The highest BCUT2D eigenvalue weighted by Gasteiger charge is 2.19. The zero-order valence-corrected chi connectivity index (χ0v) is 12.3. The topological polar surface area (TPSA) is 95.5 Å². The van der Waals surface area contributed by atoms with Crippen LogP contribution in [0.15, 0.2) is 24.3 Å². The van der Waals surface area contributed by atoms with Gasteiger partial charge in [-0.3, -0.25) is 9.59 Å². The second-order valence-corrected chi connectivity index (χ2v) is 4.87. The second-order valence-electron chi connectivity index (χ2n) is 4.87. The fraction of sp³-hybridized carbons (Fsp3) is 0.400. The number of nitrogens with one attached hydrogen (secondary N) is 2. The highest BCUT2D eigenvalue weighted by molar-refractivity contribution is 5.87. The van der Waals surface area contributed by atoms with Crippen molar-refractivity contribution in [2.24, 2.45) is 0 Å². The van der Waals surface area contributed by atoms with Crippen molar-refractivity contribution in [1.29, 1.82) is 0 Å². The number of hydrogen-bond donors (Lipinski definition) is 3. The quantitative estimate of drug-likeness (QED) is 0.654. The molecular formula is C15H19FN2O4. The number of halogens is 1. The molecule has 1 unspecified atom stereocenters. The lowest BCUT2D eigenvalue weighted by Crippen LogP contribution is -2.46. The maximum Gasteiger partial charge on any atom is 0.328 e. The third kappa shape index (κ3) is 6.34. The minimum absolute atomic E-state index is 0.210. The van der Waals surface area contributed by atoms with Gasteiger partial charge < -0.3 is 15.7 Å². The summed E-state index contributed by atoms with van der Waals surface area (Å²) in [5.74, 6) is -2.53. The van der Waals surface area contributed by atoms with Gasteiger partial charge >= 0.3 is 5.97 Å². The molecule has 0 saturated heterocycles. The van der Waals surface area contributed by atoms with Crippen molar-refractivity contribution in [1.82, 2.24) is 10.6 Å². The Balaban J connectivity index is 2.29. The monoisotopic (exact) mass is 310 g/mol. The van der Waals surface area contributed by atoms with Gasteiger partial charge in [0, 0.05) is 6.42 Å². The SMILES string of the molecule is Cc1ccc(CCC(=O)NCC(=O)NC(CF)C(=O)O)cc1. The molecule has 22 heavy (non-hydrogen) atoms. The van der Waals surface area contributed by atoms with Gasteiger partial charge in [-0.05, 0) is 18.9 Å². The number of alkyl halides is 1. The van der Waals surface area contributed by atoms with Crippen LogP contribution in [0.1, 0.15) is 17.5 Å². The molecule has 1 aromatic rings. The fourth-order valence-corrected chi connectivity index (χ4v) is 1.69. The van der Waals surface area contributed by atoms with Crippen LogP contribution in [0.3, 0.4) is 0 Å². The lowest BCUT2D eigenvalue weighted by atomic mass is 10.1. The minimum atomic E-state index is -1.59. The standard InChI is InChI=1S/C15H19FN2O4/c1-10-2-4-11(5-3-10)6-7-13(19)17-9-14(20)18-12(8-16)15(21)22/h2-5,12H,6-9H2,1H3,(H,17,19)(H,18,20)(H,21,22). The van der Waals surface area contributed by atoms with E-state index in [1.807, 2.05) is 36.5 Å². The van der Waals surface area contributed by atoms with Gasteiger partial charge in [-0.2, -0.15) is 0 Å². The molecule has 0 aliphatic carbocycles. The van der Waals surface area contributed by atoms with E-state index in [9.17, 15) is 18.8 Å². The first-order chi connectivity index (χ1) is 10.4. The normalized spacial score (nSPS) is 11.5. The van der Waals surface area contributed by atoms with Gasteiger partial charge in [-0.25, -0.2) is 9.18 Å². The second kappa shape index (κ2) is 8.76. The van der Waals surface area contributed by atoms with Crippen molar-refractivity contribution < 1.29 is 23.9 Å². The molecular weight excluding hydrogens is 291 g/mol. The molecule has 0 bridgehead atoms. The van der Waals surface area contributed by atoms with Crippen molar-refractivity contribution in [3.63, 3.8) is 0 Å². The number of aliphatic carboxylic acids is 1. The van der Waals surface area contributed by atoms with E-state index in [0.29, 0.717) is 6.42 Å². The van der Waals surface area contributed by atoms with Crippen LogP contribution in [0.4, 0.5) is 4.39 Å². The molecule has 0 spiro atoms. The molecule has 0 aromatic heterocycles. The summed E-state index contributed by atoms with van der Waals surface area (Å²) in [6.45, 7) is 0.385. The van der Waals surface area contributed by atoms with Crippen LogP contribution in [-0.4, -0.2) is 42.2 Å². The summed E-state index contributed by atoms with van der Waals surface area (Å²) >= 11 is 0. The lowest BCUT2D eigenvalue weighted by molar-refractivity contribution is -0.142. The Morgan fingerprint density at radius 1 is 1.18 bits per heavy atom. The average molecular weight is 310 g/mol. The Hall–Kier alpha value is -2.44.